The summed E-state index contributed by atoms with van der Waals surface area (Å²) >= 11 is 0. The Bertz CT molecular complexity index is 547. The molecule has 0 amide bonds. The maximum atomic E-state index is 11.5. The van der Waals surface area contributed by atoms with Crippen LogP contribution in [0, 0.1) is 5.41 Å². The van der Waals surface area contributed by atoms with E-state index in [2.05, 4.69) is 22.0 Å². The zero-order valence-corrected chi connectivity index (χ0v) is 18.5. The van der Waals surface area contributed by atoms with Crippen LogP contribution in [0.25, 0.3) is 0 Å². The maximum absolute atomic E-state index is 11.5. The second kappa shape index (κ2) is 9.21. The number of likely N-dealkylation sites (tertiary alicyclic amines) is 1. The maximum Gasteiger partial charge on any atom is 0.193 e. The van der Waals surface area contributed by atoms with Crippen LogP contribution in [0.5, 0.6) is 0 Å². The monoisotopic (exact) mass is 484 g/mol. The normalized spacial score (nSPS) is 26.0. The topological polar surface area (TPSA) is 65.0 Å². The number of guanidine groups is 1. The summed E-state index contributed by atoms with van der Waals surface area (Å²) in [6.07, 6.45) is 6.84. The van der Waals surface area contributed by atoms with Gasteiger partial charge in [-0.1, -0.05) is 12.8 Å². The first-order valence-electron chi connectivity index (χ1n) is 9.48. The third-order valence-electron chi connectivity index (χ3n) is 5.85. The van der Waals surface area contributed by atoms with E-state index < -0.39 is 9.84 Å². The van der Waals surface area contributed by atoms with Gasteiger partial charge in [0.25, 0.3) is 0 Å². The van der Waals surface area contributed by atoms with Gasteiger partial charge in [-0.05, 0) is 31.6 Å². The lowest BCUT2D eigenvalue weighted by atomic mass is 9.86. The van der Waals surface area contributed by atoms with Crippen molar-refractivity contribution < 1.29 is 8.42 Å². The number of nitrogens with one attached hydrogen (secondary N) is 1. The first-order chi connectivity index (χ1) is 11.5. The zero-order valence-electron chi connectivity index (χ0n) is 15.4. The highest BCUT2D eigenvalue weighted by molar-refractivity contribution is 14.0. The van der Waals surface area contributed by atoms with Gasteiger partial charge in [-0.3, -0.25) is 9.89 Å². The Balaban J connectivity index is 0.00000225. The molecule has 8 heteroatoms. The van der Waals surface area contributed by atoms with E-state index in [0.29, 0.717) is 30.0 Å². The molecule has 0 aromatic carbocycles. The molecule has 3 rings (SSSR count). The van der Waals surface area contributed by atoms with Crippen molar-refractivity contribution in [2.45, 2.75) is 39.0 Å². The summed E-state index contributed by atoms with van der Waals surface area (Å²) in [6, 6.07) is 0. The summed E-state index contributed by atoms with van der Waals surface area (Å²) in [6.45, 7) is 8.18. The molecule has 25 heavy (non-hydrogen) atoms. The van der Waals surface area contributed by atoms with Gasteiger partial charge in [-0.25, -0.2) is 8.42 Å². The molecular weight excluding hydrogens is 451 g/mol. The lowest BCUT2D eigenvalue weighted by Gasteiger charge is -2.27. The van der Waals surface area contributed by atoms with Crippen molar-refractivity contribution in [3.63, 3.8) is 0 Å². The molecule has 1 aliphatic carbocycles. The van der Waals surface area contributed by atoms with Crippen LogP contribution >= 0.6 is 24.0 Å². The molecule has 1 N–H and O–H groups in total. The Labute approximate surface area is 169 Å². The highest BCUT2D eigenvalue weighted by Gasteiger charge is 2.41. The van der Waals surface area contributed by atoms with Gasteiger partial charge in [0.15, 0.2) is 15.8 Å². The summed E-state index contributed by atoms with van der Waals surface area (Å²) in [4.78, 5) is 9.48. The number of halogens is 1. The molecule has 2 aliphatic heterocycles. The van der Waals surface area contributed by atoms with Crippen molar-refractivity contribution in [1.29, 1.82) is 0 Å². The van der Waals surface area contributed by atoms with E-state index in [0.717, 1.165) is 38.7 Å². The van der Waals surface area contributed by atoms with Crippen molar-refractivity contribution in [3.8, 4) is 0 Å². The van der Waals surface area contributed by atoms with E-state index in [1.165, 1.54) is 32.1 Å². The highest BCUT2D eigenvalue weighted by atomic mass is 127. The minimum atomic E-state index is -2.79. The molecule has 0 unspecified atom stereocenters. The van der Waals surface area contributed by atoms with Gasteiger partial charge in [0.2, 0.25) is 0 Å². The standard InChI is InChI=1S/C17H32N4O2S.HI/c1-2-18-16(21-9-7-17(15-21)5-3-4-6-17)19-8-10-20-11-13-24(22,23)14-12-20;/h2-15H2,1H3,(H,18,19);1H. The lowest BCUT2D eigenvalue weighted by Crippen LogP contribution is -2.43. The van der Waals surface area contributed by atoms with E-state index >= 15 is 0 Å². The number of hydrogen-bond donors (Lipinski definition) is 1. The van der Waals surface area contributed by atoms with Gasteiger partial charge in [0, 0.05) is 39.3 Å². The van der Waals surface area contributed by atoms with Crippen LogP contribution in [0.2, 0.25) is 0 Å². The molecule has 0 bridgehead atoms. The van der Waals surface area contributed by atoms with E-state index in [4.69, 9.17) is 4.99 Å². The highest BCUT2D eigenvalue weighted by Crippen LogP contribution is 2.45. The van der Waals surface area contributed by atoms with E-state index in [-0.39, 0.29) is 24.0 Å². The zero-order chi connectivity index (χ0) is 17.0. The molecule has 0 radical (unpaired) electrons. The molecule has 3 aliphatic rings. The number of sulfone groups is 1. The van der Waals surface area contributed by atoms with Crippen molar-refractivity contribution in [2.75, 3.05) is 57.3 Å². The number of hydrogen-bond acceptors (Lipinski definition) is 4. The number of aliphatic imine (C=N–C) groups is 1. The van der Waals surface area contributed by atoms with Crippen molar-refractivity contribution >= 4 is 39.8 Å². The second-order valence-corrected chi connectivity index (χ2v) is 9.91. The predicted octanol–water partition coefficient (Wildman–Crippen LogP) is 1.57. The summed E-state index contributed by atoms with van der Waals surface area (Å²) in [5.74, 6) is 1.64. The van der Waals surface area contributed by atoms with Crippen LogP contribution in [0.3, 0.4) is 0 Å². The number of nitrogens with zero attached hydrogens (tertiary/aromatic N) is 3. The number of rotatable bonds is 4. The van der Waals surface area contributed by atoms with Crippen molar-refractivity contribution in [2.24, 2.45) is 10.4 Å². The Morgan fingerprint density at radius 2 is 1.80 bits per heavy atom. The van der Waals surface area contributed by atoms with Crippen LogP contribution in [0.1, 0.15) is 39.0 Å². The van der Waals surface area contributed by atoms with Crippen molar-refractivity contribution in [3.05, 3.63) is 0 Å². The summed E-state index contributed by atoms with van der Waals surface area (Å²) in [7, 11) is -2.79. The summed E-state index contributed by atoms with van der Waals surface area (Å²) < 4.78 is 23.0. The molecule has 2 saturated heterocycles. The Hall–Kier alpha value is -0.0900. The van der Waals surface area contributed by atoms with E-state index in [1.54, 1.807) is 0 Å². The third kappa shape index (κ3) is 5.69. The van der Waals surface area contributed by atoms with Gasteiger partial charge in [0.05, 0.1) is 18.1 Å². The van der Waals surface area contributed by atoms with Crippen molar-refractivity contribution in [1.82, 2.24) is 15.1 Å². The molecule has 0 aromatic heterocycles. The smallest absolute Gasteiger partial charge is 0.193 e. The molecule has 2 heterocycles. The lowest BCUT2D eigenvalue weighted by molar-refractivity contribution is 0.300. The Kier molecular flexibility index (Phi) is 7.82. The van der Waals surface area contributed by atoms with Crippen LogP contribution < -0.4 is 5.32 Å². The van der Waals surface area contributed by atoms with Crippen LogP contribution in [-0.4, -0.2) is 81.5 Å². The first kappa shape index (κ1) is 21.2. The molecule has 1 saturated carbocycles. The fourth-order valence-corrected chi connectivity index (χ4v) is 5.62. The second-order valence-electron chi connectivity index (χ2n) is 7.61. The minimum absolute atomic E-state index is 0. The Morgan fingerprint density at radius 3 is 2.44 bits per heavy atom. The molecule has 146 valence electrons. The van der Waals surface area contributed by atoms with Crippen LogP contribution in [0.15, 0.2) is 4.99 Å². The average molecular weight is 484 g/mol. The quantitative estimate of drug-likeness (QED) is 0.373. The Morgan fingerprint density at radius 1 is 1.12 bits per heavy atom. The average Bonchev–Trinajstić information content (AvgIpc) is 3.19. The largest absolute Gasteiger partial charge is 0.357 e. The SMILES string of the molecule is CCNC(=NCCN1CCS(=O)(=O)CC1)N1CCC2(CCCC2)C1.I. The van der Waals surface area contributed by atoms with Gasteiger partial charge in [-0.2, -0.15) is 0 Å². The van der Waals surface area contributed by atoms with Gasteiger partial charge in [0.1, 0.15) is 0 Å². The molecule has 1 spiro atoms. The molecule has 3 fully saturated rings. The van der Waals surface area contributed by atoms with E-state index in [1.807, 2.05) is 0 Å². The summed E-state index contributed by atoms with van der Waals surface area (Å²) in [5, 5.41) is 3.44. The molecule has 6 nitrogen and oxygen atoms in total. The minimum Gasteiger partial charge on any atom is -0.357 e. The molecule has 0 aromatic rings. The molecular formula is C17H33IN4O2S. The third-order valence-corrected chi connectivity index (χ3v) is 7.46. The summed E-state index contributed by atoms with van der Waals surface area (Å²) in [5.41, 5.74) is 0.553. The molecule has 0 atom stereocenters. The van der Waals surface area contributed by atoms with Crippen LogP contribution in [0.4, 0.5) is 0 Å². The predicted molar refractivity (Wildman–Crippen MR) is 114 cm³/mol. The van der Waals surface area contributed by atoms with Gasteiger partial charge >= 0.3 is 0 Å². The van der Waals surface area contributed by atoms with Crippen LogP contribution in [-0.2, 0) is 9.84 Å². The fourth-order valence-electron chi connectivity index (χ4n) is 4.35. The fraction of sp³-hybridized carbons (Fsp3) is 0.941. The van der Waals surface area contributed by atoms with Gasteiger partial charge < -0.3 is 10.2 Å². The van der Waals surface area contributed by atoms with Gasteiger partial charge in [-0.15, -0.1) is 24.0 Å². The first-order valence-corrected chi connectivity index (χ1v) is 11.3. The van der Waals surface area contributed by atoms with E-state index in [9.17, 15) is 8.42 Å².